The van der Waals surface area contributed by atoms with E-state index in [2.05, 4.69) is 29.8 Å². The summed E-state index contributed by atoms with van der Waals surface area (Å²) in [6.07, 6.45) is 9.04. The lowest BCUT2D eigenvalue weighted by molar-refractivity contribution is 0.218. The molecule has 2 unspecified atom stereocenters. The summed E-state index contributed by atoms with van der Waals surface area (Å²) in [6, 6.07) is 0.879. The molecule has 2 aliphatic rings. The highest BCUT2D eigenvalue weighted by molar-refractivity contribution is 4.88. The van der Waals surface area contributed by atoms with Crippen LogP contribution in [0.1, 0.15) is 39.0 Å². The van der Waals surface area contributed by atoms with Gasteiger partial charge in [0.15, 0.2) is 0 Å². The molecule has 0 bridgehead atoms. The molecule has 2 nitrogen and oxygen atoms in total. The Bertz CT molecular complexity index is 229. The molecule has 0 spiro atoms. The minimum absolute atomic E-state index is 0.869. The van der Waals surface area contributed by atoms with Crippen LogP contribution in [-0.2, 0) is 0 Å². The molecule has 0 aromatic heterocycles. The monoisotopic (exact) mass is 236 g/mol. The zero-order chi connectivity index (χ0) is 12.1. The van der Waals surface area contributed by atoms with Gasteiger partial charge >= 0.3 is 0 Å². The van der Waals surface area contributed by atoms with Crippen molar-refractivity contribution in [2.24, 2.45) is 11.8 Å². The SMILES string of the molecule is C=CCN(CCC(C)C1CCCNC1)C1CC1. The first kappa shape index (κ1) is 13.1. The third-order valence-electron chi connectivity index (χ3n) is 4.44. The van der Waals surface area contributed by atoms with E-state index in [0.717, 1.165) is 24.4 Å². The summed E-state index contributed by atoms with van der Waals surface area (Å²) in [4.78, 5) is 2.62. The van der Waals surface area contributed by atoms with Gasteiger partial charge in [0.05, 0.1) is 0 Å². The van der Waals surface area contributed by atoms with Crippen molar-refractivity contribution in [2.75, 3.05) is 26.2 Å². The van der Waals surface area contributed by atoms with Crippen molar-refractivity contribution in [1.29, 1.82) is 0 Å². The molecule has 1 heterocycles. The van der Waals surface area contributed by atoms with Gasteiger partial charge in [-0.15, -0.1) is 6.58 Å². The number of hydrogen-bond acceptors (Lipinski definition) is 2. The van der Waals surface area contributed by atoms with Crippen LogP contribution in [0.25, 0.3) is 0 Å². The van der Waals surface area contributed by atoms with Crippen molar-refractivity contribution < 1.29 is 0 Å². The van der Waals surface area contributed by atoms with Gasteiger partial charge in [0.25, 0.3) is 0 Å². The normalized spacial score (nSPS) is 27.1. The summed E-state index contributed by atoms with van der Waals surface area (Å²) in [7, 11) is 0. The quantitative estimate of drug-likeness (QED) is 0.684. The molecule has 1 saturated carbocycles. The number of piperidine rings is 1. The van der Waals surface area contributed by atoms with Crippen LogP contribution in [0.2, 0.25) is 0 Å². The van der Waals surface area contributed by atoms with E-state index in [0.29, 0.717) is 0 Å². The van der Waals surface area contributed by atoms with Crippen molar-refractivity contribution in [2.45, 2.75) is 45.1 Å². The van der Waals surface area contributed by atoms with Gasteiger partial charge < -0.3 is 5.32 Å². The van der Waals surface area contributed by atoms with Gasteiger partial charge in [-0.25, -0.2) is 0 Å². The van der Waals surface area contributed by atoms with E-state index in [-0.39, 0.29) is 0 Å². The molecule has 0 aromatic rings. The molecule has 17 heavy (non-hydrogen) atoms. The smallest absolute Gasteiger partial charge is 0.0163 e. The molecule has 2 atom stereocenters. The van der Waals surface area contributed by atoms with Crippen LogP contribution in [0.15, 0.2) is 12.7 Å². The predicted molar refractivity (Wildman–Crippen MR) is 74.2 cm³/mol. The molecule has 2 fully saturated rings. The average Bonchev–Trinajstić information content (AvgIpc) is 3.19. The first-order chi connectivity index (χ1) is 8.31. The molecule has 2 rings (SSSR count). The van der Waals surface area contributed by atoms with Crippen LogP contribution in [-0.4, -0.2) is 37.1 Å². The van der Waals surface area contributed by atoms with Crippen LogP contribution in [0, 0.1) is 11.8 Å². The maximum absolute atomic E-state index is 3.88. The Balaban J connectivity index is 1.69. The van der Waals surface area contributed by atoms with Crippen molar-refractivity contribution >= 4 is 0 Å². The lowest BCUT2D eigenvalue weighted by atomic mass is 9.85. The van der Waals surface area contributed by atoms with Gasteiger partial charge in [-0.1, -0.05) is 13.0 Å². The van der Waals surface area contributed by atoms with Crippen LogP contribution < -0.4 is 5.32 Å². The van der Waals surface area contributed by atoms with E-state index in [1.807, 2.05) is 0 Å². The second kappa shape index (κ2) is 6.55. The molecule has 0 amide bonds. The van der Waals surface area contributed by atoms with Crippen molar-refractivity contribution in [3.8, 4) is 0 Å². The largest absolute Gasteiger partial charge is 0.316 e. The highest BCUT2D eigenvalue weighted by Crippen LogP contribution is 2.28. The van der Waals surface area contributed by atoms with E-state index in [9.17, 15) is 0 Å². The lowest BCUT2D eigenvalue weighted by Crippen LogP contribution is -2.35. The fraction of sp³-hybridized carbons (Fsp3) is 0.867. The number of rotatable bonds is 7. The summed E-state index contributed by atoms with van der Waals surface area (Å²) in [5.41, 5.74) is 0. The minimum Gasteiger partial charge on any atom is -0.316 e. The average molecular weight is 236 g/mol. The zero-order valence-corrected chi connectivity index (χ0v) is 11.3. The topological polar surface area (TPSA) is 15.3 Å². The maximum Gasteiger partial charge on any atom is 0.0163 e. The van der Waals surface area contributed by atoms with Gasteiger partial charge in [-0.3, -0.25) is 4.90 Å². The second-order valence-electron chi connectivity index (χ2n) is 5.89. The molecule has 1 aliphatic heterocycles. The Kier molecular flexibility index (Phi) is 5.05. The minimum atomic E-state index is 0.869. The molecular formula is C15H28N2. The van der Waals surface area contributed by atoms with E-state index >= 15 is 0 Å². The molecule has 0 aromatic carbocycles. The van der Waals surface area contributed by atoms with E-state index in [1.165, 1.54) is 51.7 Å². The molecule has 98 valence electrons. The van der Waals surface area contributed by atoms with Crippen molar-refractivity contribution in [1.82, 2.24) is 10.2 Å². The standard InChI is InChI=1S/C15H28N2/c1-3-10-17(15-6-7-15)11-8-13(2)14-5-4-9-16-12-14/h3,13-16H,1,4-12H2,2H3. The summed E-state index contributed by atoms with van der Waals surface area (Å²) < 4.78 is 0. The number of nitrogens with one attached hydrogen (secondary N) is 1. The Hall–Kier alpha value is -0.340. The van der Waals surface area contributed by atoms with Crippen LogP contribution in [0.5, 0.6) is 0 Å². The maximum atomic E-state index is 3.88. The fourth-order valence-corrected chi connectivity index (χ4v) is 3.00. The van der Waals surface area contributed by atoms with Gasteiger partial charge in [-0.2, -0.15) is 0 Å². The zero-order valence-electron chi connectivity index (χ0n) is 11.3. The van der Waals surface area contributed by atoms with Gasteiger partial charge in [0.1, 0.15) is 0 Å². The lowest BCUT2D eigenvalue weighted by Gasteiger charge is -2.30. The van der Waals surface area contributed by atoms with Crippen LogP contribution in [0.3, 0.4) is 0 Å². The highest BCUT2D eigenvalue weighted by atomic mass is 15.2. The van der Waals surface area contributed by atoms with E-state index in [4.69, 9.17) is 0 Å². The summed E-state index contributed by atoms with van der Waals surface area (Å²) in [5.74, 6) is 1.78. The first-order valence-electron chi connectivity index (χ1n) is 7.37. The Morgan fingerprint density at radius 3 is 2.82 bits per heavy atom. The third kappa shape index (κ3) is 4.11. The summed E-state index contributed by atoms with van der Waals surface area (Å²) in [6.45, 7) is 11.1. The van der Waals surface area contributed by atoms with Gasteiger partial charge in [-0.05, 0) is 63.6 Å². The Morgan fingerprint density at radius 1 is 1.41 bits per heavy atom. The molecular weight excluding hydrogens is 208 g/mol. The van der Waals surface area contributed by atoms with Gasteiger partial charge in [0.2, 0.25) is 0 Å². The van der Waals surface area contributed by atoms with Crippen molar-refractivity contribution in [3.63, 3.8) is 0 Å². The molecule has 1 aliphatic carbocycles. The Labute approximate surface area is 106 Å². The molecule has 1 N–H and O–H groups in total. The summed E-state index contributed by atoms with van der Waals surface area (Å²) >= 11 is 0. The molecule has 0 radical (unpaired) electrons. The second-order valence-corrected chi connectivity index (χ2v) is 5.89. The van der Waals surface area contributed by atoms with E-state index < -0.39 is 0 Å². The highest BCUT2D eigenvalue weighted by Gasteiger charge is 2.28. The fourth-order valence-electron chi connectivity index (χ4n) is 3.00. The third-order valence-corrected chi connectivity index (χ3v) is 4.44. The van der Waals surface area contributed by atoms with Gasteiger partial charge in [0, 0.05) is 12.6 Å². The first-order valence-corrected chi connectivity index (χ1v) is 7.37. The molecule has 1 saturated heterocycles. The van der Waals surface area contributed by atoms with Crippen LogP contribution >= 0.6 is 0 Å². The molecule has 2 heteroatoms. The van der Waals surface area contributed by atoms with E-state index in [1.54, 1.807) is 0 Å². The Morgan fingerprint density at radius 2 is 2.24 bits per heavy atom. The predicted octanol–water partition coefficient (Wildman–Crippen LogP) is 2.66. The summed E-state index contributed by atoms with van der Waals surface area (Å²) in [5, 5.41) is 3.53. The van der Waals surface area contributed by atoms with Crippen LogP contribution in [0.4, 0.5) is 0 Å². The number of nitrogens with zero attached hydrogens (tertiary/aromatic N) is 1. The number of hydrogen-bond donors (Lipinski definition) is 1. The van der Waals surface area contributed by atoms with Crippen molar-refractivity contribution in [3.05, 3.63) is 12.7 Å².